The SMILES string of the molecule is CCCC(CCN)CCC(=O)N(Cc1ccccc1)CC(F)(F)F. The Bertz CT molecular complexity index is 471. The zero-order valence-electron chi connectivity index (χ0n) is 14.2. The van der Waals surface area contributed by atoms with Gasteiger partial charge in [0, 0.05) is 13.0 Å². The van der Waals surface area contributed by atoms with Gasteiger partial charge in [0.2, 0.25) is 5.91 Å². The van der Waals surface area contributed by atoms with Crippen LogP contribution < -0.4 is 5.73 Å². The van der Waals surface area contributed by atoms with E-state index >= 15 is 0 Å². The number of carbonyl (C=O) groups excluding carboxylic acids is 1. The van der Waals surface area contributed by atoms with Crippen molar-refractivity contribution in [3.8, 4) is 0 Å². The molecule has 0 fully saturated rings. The van der Waals surface area contributed by atoms with Gasteiger partial charge in [-0.15, -0.1) is 0 Å². The van der Waals surface area contributed by atoms with Gasteiger partial charge >= 0.3 is 6.18 Å². The summed E-state index contributed by atoms with van der Waals surface area (Å²) in [6.45, 7) is 1.36. The second kappa shape index (κ2) is 10.3. The summed E-state index contributed by atoms with van der Waals surface area (Å²) in [5.74, 6) is -0.150. The number of hydrogen-bond donors (Lipinski definition) is 1. The molecule has 1 atom stereocenters. The van der Waals surface area contributed by atoms with E-state index in [1.54, 1.807) is 30.3 Å². The van der Waals surface area contributed by atoms with Crippen LogP contribution in [0.3, 0.4) is 0 Å². The fraction of sp³-hybridized carbons (Fsp3) is 0.611. The Morgan fingerprint density at radius 2 is 1.83 bits per heavy atom. The molecule has 2 N–H and O–H groups in total. The fourth-order valence-corrected chi connectivity index (χ4v) is 2.82. The van der Waals surface area contributed by atoms with Crippen molar-refractivity contribution in [3.63, 3.8) is 0 Å². The normalized spacial score (nSPS) is 12.9. The topological polar surface area (TPSA) is 46.3 Å². The first-order chi connectivity index (χ1) is 11.4. The number of halogens is 3. The molecule has 136 valence electrons. The van der Waals surface area contributed by atoms with Gasteiger partial charge < -0.3 is 10.6 Å². The summed E-state index contributed by atoms with van der Waals surface area (Å²) < 4.78 is 38.4. The average Bonchev–Trinajstić information content (AvgIpc) is 2.52. The largest absolute Gasteiger partial charge is 0.406 e. The van der Waals surface area contributed by atoms with Crippen LogP contribution >= 0.6 is 0 Å². The zero-order chi connectivity index (χ0) is 18.0. The molecule has 3 nitrogen and oxygen atoms in total. The smallest absolute Gasteiger partial charge is 0.330 e. The monoisotopic (exact) mass is 344 g/mol. The molecule has 0 aliphatic heterocycles. The summed E-state index contributed by atoms with van der Waals surface area (Å²) in [6, 6.07) is 8.76. The molecule has 1 amide bonds. The lowest BCUT2D eigenvalue weighted by Gasteiger charge is -2.25. The van der Waals surface area contributed by atoms with E-state index in [0.29, 0.717) is 24.4 Å². The number of amides is 1. The van der Waals surface area contributed by atoms with Gasteiger partial charge in [0.05, 0.1) is 0 Å². The Labute approximate surface area is 142 Å². The van der Waals surface area contributed by atoms with Gasteiger partial charge in [-0.25, -0.2) is 0 Å². The van der Waals surface area contributed by atoms with Crippen molar-refractivity contribution in [3.05, 3.63) is 35.9 Å². The van der Waals surface area contributed by atoms with E-state index in [0.717, 1.165) is 24.2 Å². The maximum Gasteiger partial charge on any atom is 0.406 e. The van der Waals surface area contributed by atoms with Crippen molar-refractivity contribution in [1.82, 2.24) is 4.90 Å². The third-order valence-corrected chi connectivity index (χ3v) is 3.98. The third kappa shape index (κ3) is 8.34. The van der Waals surface area contributed by atoms with Gasteiger partial charge in [-0.1, -0.05) is 50.1 Å². The fourth-order valence-electron chi connectivity index (χ4n) is 2.82. The quantitative estimate of drug-likeness (QED) is 0.694. The van der Waals surface area contributed by atoms with Crippen LogP contribution in [0.15, 0.2) is 30.3 Å². The molecule has 0 saturated heterocycles. The van der Waals surface area contributed by atoms with Gasteiger partial charge in [0.25, 0.3) is 0 Å². The Morgan fingerprint density at radius 3 is 2.38 bits per heavy atom. The predicted octanol–water partition coefficient (Wildman–Crippen LogP) is 4.12. The Hall–Kier alpha value is -1.56. The summed E-state index contributed by atoms with van der Waals surface area (Å²) in [5, 5.41) is 0. The van der Waals surface area contributed by atoms with E-state index in [1.807, 2.05) is 0 Å². The van der Waals surface area contributed by atoms with Crippen molar-refractivity contribution in [1.29, 1.82) is 0 Å². The maximum absolute atomic E-state index is 12.8. The van der Waals surface area contributed by atoms with Crippen molar-refractivity contribution in [2.45, 2.75) is 51.7 Å². The highest BCUT2D eigenvalue weighted by Crippen LogP contribution is 2.22. The number of benzene rings is 1. The molecule has 0 saturated carbocycles. The van der Waals surface area contributed by atoms with Crippen LogP contribution in [-0.4, -0.2) is 30.1 Å². The van der Waals surface area contributed by atoms with Gasteiger partial charge in [0.15, 0.2) is 0 Å². The van der Waals surface area contributed by atoms with Crippen LogP contribution in [0.2, 0.25) is 0 Å². The molecular weight excluding hydrogens is 317 g/mol. The first-order valence-corrected chi connectivity index (χ1v) is 8.44. The number of alkyl halides is 3. The lowest BCUT2D eigenvalue weighted by atomic mass is 9.94. The van der Waals surface area contributed by atoms with Crippen molar-refractivity contribution < 1.29 is 18.0 Å². The van der Waals surface area contributed by atoms with Crippen molar-refractivity contribution >= 4 is 5.91 Å². The second-order valence-electron chi connectivity index (χ2n) is 6.12. The van der Waals surface area contributed by atoms with E-state index in [4.69, 9.17) is 5.73 Å². The highest BCUT2D eigenvalue weighted by molar-refractivity contribution is 5.76. The highest BCUT2D eigenvalue weighted by Gasteiger charge is 2.33. The summed E-state index contributed by atoms with van der Waals surface area (Å²) in [5.41, 5.74) is 6.26. The van der Waals surface area contributed by atoms with Gasteiger partial charge in [0.1, 0.15) is 6.54 Å². The number of carbonyl (C=O) groups is 1. The van der Waals surface area contributed by atoms with Gasteiger partial charge in [-0.2, -0.15) is 13.2 Å². The zero-order valence-corrected chi connectivity index (χ0v) is 14.2. The maximum atomic E-state index is 12.8. The minimum atomic E-state index is -4.40. The molecule has 24 heavy (non-hydrogen) atoms. The predicted molar refractivity (Wildman–Crippen MR) is 89.2 cm³/mol. The second-order valence-corrected chi connectivity index (χ2v) is 6.12. The van der Waals surface area contributed by atoms with Crippen LogP contribution in [0.4, 0.5) is 13.2 Å². The van der Waals surface area contributed by atoms with Crippen LogP contribution in [0.5, 0.6) is 0 Å². The highest BCUT2D eigenvalue weighted by atomic mass is 19.4. The molecule has 0 aromatic heterocycles. The standard InChI is InChI=1S/C18H27F3N2O/c1-2-6-15(11-12-22)9-10-17(24)23(14-18(19,20)21)13-16-7-4-3-5-8-16/h3-5,7-8,15H,2,6,9-14,22H2,1H3. The molecule has 0 bridgehead atoms. The molecule has 0 spiro atoms. The van der Waals surface area contributed by atoms with Gasteiger partial charge in [-0.3, -0.25) is 4.79 Å². The third-order valence-electron chi connectivity index (χ3n) is 3.98. The van der Waals surface area contributed by atoms with Crippen LogP contribution in [0, 0.1) is 5.92 Å². The Kier molecular flexibility index (Phi) is 8.82. The van der Waals surface area contributed by atoms with E-state index in [-0.39, 0.29) is 13.0 Å². The summed E-state index contributed by atoms with van der Waals surface area (Å²) in [7, 11) is 0. The number of rotatable bonds is 10. The molecule has 6 heteroatoms. The molecule has 1 unspecified atom stereocenters. The molecule has 0 radical (unpaired) electrons. The minimum absolute atomic E-state index is 0.0193. The van der Waals surface area contributed by atoms with E-state index in [9.17, 15) is 18.0 Å². The van der Waals surface area contributed by atoms with Crippen LogP contribution in [0.1, 0.15) is 44.6 Å². The van der Waals surface area contributed by atoms with Gasteiger partial charge in [-0.05, 0) is 30.9 Å². The summed E-state index contributed by atoms with van der Waals surface area (Å²) >= 11 is 0. The van der Waals surface area contributed by atoms with Crippen LogP contribution in [0.25, 0.3) is 0 Å². The van der Waals surface area contributed by atoms with E-state index < -0.39 is 18.6 Å². The Morgan fingerprint density at radius 1 is 1.17 bits per heavy atom. The minimum Gasteiger partial charge on any atom is -0.330 e. The first kappa shape index (κ1) is 20.5. The van der Waals surface area contributed by atoms with E-state index in [2.05, 4.69) is 6.92 Å². The first-order valence-electron chi connectivity index (χ1n) is 8.44. The van der Waals surface area contributed by atoms with Crippen molar-refractivity contribution in [2.75, 3.05) is 13.1 Å². The molecule has 0 aliphatic rings. The number of hydrogen-bond acceptors (Lipinski definition) is 2. The lowest BCUT2D eigenvalue weighted by Crippen LogP contribution is -2.38. The van der Waals surface area contributed by atoms with E-state index in [1.165, 1.54) is 0 Å². The summed E-state index contributed by atoms with van der Waals surface area (Å²) in [6.07, 6.45) is -0.943. The number of nitrogens with zero attached hydrogens (tertiary/aromatic N) is 1. The molecule has 1 aromatic carbocycles. The lowest BCUT2D eigenvalue weighted by molar-refractivity contribution is -0.162. The average molecular weight is 344 g/mol. The summed E-state index contributed by atoms with van der Waals surface area (Å²) in [4.78, 5) is 13.2. The molecular formula is C18H27F3N2O. The molecule has 0 aliphatic carbocycles. The molecule has 1 aromatic rings. The van der Waals surface area contributed by atoms with Crippen molar-refractivity contribution in [2.24, 2.45) is 11.7 Å². The Balaban J connectivity index is 2.69. The molecule has 1 rings (SSSR count). The molecule has 0 heterocycles. The van der Waals surface area contributed by atoms with Crippen LogP contribution in [-0.2, 0) is 11.3 Å². The number of nitrogens with two attached hydrogens (primary N) is 1.